The van der Waals surface area contributed by atoms with Crippen molar-refractivity contribution in [3.05, 3.63) is 0 Å². The molecular weight excluding hydrogens is 244 g/mol. The number of hydrogen-bond donors (Lipinski definition) is 1. The summed E-state index contributed by atoms with van der Waals surface area (Å²) in [5.74, 6) is -0.772. The fraction of sp³-hybridized carbons (Fsp3) is 0.909. The van der Waals surface area contributed by atoms with Gasteiger partial charge in [-0.25, -0.2) is 13.2 Å². The van der Waals surface area contributed by atoms with Gasteiger partial charge in [-0.15, -0.1) is 0 Å². The van der Waals surface area contributed by atoms with Gasteiger partial charge < -0.3 is 9.84 Å². The molecule has 1 N–H and O–H groups in total. The maximum atomic E-state index is 11.8. The summed E-state index contributed by atoms with van der Waals surface area (Å²) in [6.45, 7) is 3.85. The number of carbonyl (C=O) groups is 1. The largest absolute Gasteiger partial charge is 0.479 e. The Hall–Kier alpha value is -0.620. The Labute approximate surface area is 102 Å². The molecule has 0 spiro atoms. The number of hydrogen-bond acceptors (Lipinski definition) is 4. The van der Waals surface area contributed by atoms with Crippen molar-refractivity contribution in [1.29, 1.82) is 0 Å². The highest BCUT2D eigenvalue weighted by molar-refractivity contribution is 7.91. The van der Waals surface area contributed by atoms with Crippen LogP contribution in [0.5, 0.6) is 0 Å². The van der Waals surface area contributed by atoms with E-state index in [1.54, 1.807) is 0 Å². The van der Waals surface area contributed by atoms with E-state index in [0.717, 1.165) is 6.42 Å². The van der Waals surface area contributed by atoms with E-state index in [4.69, 9.17) is 9.84 Å². The van der Waals surface area contributed by atoms with Crippen LogP contribution in [0.4, 0.5) is 0 Å². The van der Waals surface area contributed by atoms with Gasteiger partial charge in [0.15, 0.2) is 15.9 Å². The van der Waals surface area contributed by atoms with Crippen LogP contribution in [-0.4, -0.2) is 43.2 Å². The van der Waals surface area contributed by atoms with E-state index in [2.05, 4.69) is 0 Å². The van der Waals surface area contributed by atoms with E-state index >= 15 is 0 Å². The molecule has 0 radical (unpaired) electrons. The van der Waals surface area contributed by atoms with Crippen LogP contribution in [0.1, 0.15) is 33.1 Å². The molecule has 0 aromatic carbocycles. The van der Waals surface area contributed by atoms with Gasteiger partial charge in [0, 0.05) is 0 Å². The van der Waals surface area contributed by atoms with Crippen LogP contribution in [0, 0.1) is 5.92 Å². The van der Waals surface area contributed by atoms with Crippen LogP contribution in [-0.2, 0) is 19.4 Å². The third-order valence-corrected chi connectivity index (χ3v) is 5.01. The van der Waals surface area contributed by atoms with E-state index in [1.165, 1.54) is 0 Å². The highest BCUT2D eigenvalue weighted by atomic mass is 32.2. The molecule has 1 saturated heterocycles. The van der Waals surface area contributed by atoms with Crippen LogP contribution in [0.25, 0.3) is 0 Å². The predicted octanol–water partition coefficient (Wildman–Crippen LogP) is 1.08. The topological polar surface area (TPSA) is 80.7 Å². The summed E-state index contributed by atoms with van der Waals surface area (Å²) in [6.07, 6.45) is 0.446. The Morgan fingerprint density at radius 1 is 1.47 bits per heavy atom. The standard InChI is InChI=1S/C11H20O5S/c1-3-8(2)6-17(14,15)7-9-4-5-10(16-9)11(12)13/h8-10H,3-7H2,1-2H3,(H,12,13). The molecule has 6 heteroatoms. The number of carboxylic acids is 1. The molecule has 0 saturated carbocycles. The summed E-state index contributed by atoms with van der Waals surface area (Å²) < 4.78 is 28.8. The average Bonchev–Trinajstić information content (AvgIpc) is 2.64. The first-order valence-corrected chi connectivity index (χ1v) is 7.75. The van der Waals surface area contributed by atoms with Gasteiger partial charge >= 0.3 is 5.97 Å². The molecule has 1 rings (SSSR count). The monoisotopic (exact) mass is 264 g/mol. The molecular formula is C11H20O5S. The Bertz CT molecular complexity index is 362. The second kappa shape index (κ2) is 5.82. The molecule has 0 aromatic heterocycles. The van der Waals surface area contributed by atoms with Crippen molar-refractivity contribution in [2.75, 3.05) is 11.5 Å². The lowest BCUT2D eigenvalue weighted by Crippen LogP contribution is -2.27. The fourth-order valence-corrected chi connectivity index (χ4v) is 3.96. The zero-order chi connectivity index (χ0) is 13.1. The molecule has 100 valence electrons. The van der Waals surface area contributed by atoms with Crippen molar-refractivity contribution in [1.82, 2.24) is 0 Å². The smallest absolute Gasteiger partial charge is 0.332 e. The minimum Gasteiger partial charge on any atom is -0.479 e. The molecule has 0 aromatic rings. The van der Waals surface area contributed by atoms with Crippen molar-refractivity contribution in [2.45, 2.75) is 45.3 Å². The summed E-state index contributed by atoms with van der Waals surface area (Å²) in [7, 11) is -3.14. The van der Waals surface area contributed by atoms with Gasteiger partial charge in [0.05, 0.1) is 17.6 Å². The number of ether oxygens (including phenoxy) is 1. The zero-order valence-electron chi connectivity index (χ0n) is 10.3. The summed E-state index contributed by atoms with van der Waals surface area (Å²) in [4.78, 5) is 10.7. The van der Waals surface area contributed by atoms with Gasteiger partial charge in [-0.2, -0.15) is 0 Å². The SMILES string of the molecule is CCC(C)CS(=O)(=O)CC1CCC(C(=O)O)O1. The average molecular weight is 264 g/mol. The summed E-state index contributed by atoms with van der Waals surface area (Å²) in [5.41, 5.74) is 0. The second-order valence-electron chi connectivity index (χ2n) is 4.75. The third-order valence-electron chi connectivity index (χ3n) is 3.06. The van der Waals surface area contributed by atoms with Crippen molar-refractivity contribution in [2.24, 2.45) is 5.92 Å². The maximum Gasteiger partial charge on any atom is 0.332 e. The Kier molecular flexibility index (Phi) is 4.94. The molecule has 1 aliphatic rings. The van der Waals surface area contributed by atoms with E-state index in [9.17, 15) is 13.2 Å². The van der Waals surface area contributed by atoms with Gasteiger partial charge in [-0.05, 0) is 18.8 Å². The Morgan fingerprint density at radius 2 is 2.12 bits per heavy atom. The zero-order valence-corrected chi connectivity index (χ0v) is 11.1. The molecule has 1 fully saturated rings. The molecule has 3 unspecified atom stereocenters. The first-order valence-electron chi connectivity index (χ1n) is 5.92. The van der Waals surface area contributed by atoms with Gasteiger partial charge in [0.2, 0.25) is 0 Å². The second-order valence-corrected chi connectivity index (χ2v) is 6.91. The number of sulfone groups is 1. The molecule has 5 nitrogen and oxygen atoms in total. The van der Waals surface area contributed by atoms with Crippen molar-refractivity contribution < 1.29 is 23.1 Å². The lowest BCUT2D eigenvalue weighted by atomic mass is 10.2. The first kappa shape index (κ1) is 14.4. The number of rotatable bonds is 6. The molecule has 0 amide bonds. The highest BCUT2D eigenvalue weighted by Gasteiger charge is 2.33. The first-order chi connectivity index (χ1) is 7.84. The van der Waals surface area contributed by atoms with E-state index in [0.29, 0.717) is 12.8 Å². The normalized spacial score (nSPS) is 26.9. The quantitative estimate of drug-likeness (QED) is 0.776. The molecule has 17 heavy (non-hydrogen) atoms. The molecule has 3 atom stereocenters. The highest BCUT2D eigenvalue weighted by Crippen LogP contribution is 2.22. The molecule has 1 heterocycles. The molecule has 1 aliphatic heterocycles. The van der Waals surface area contributed by atoms with Crippen LogP contribution in [0.2, 0.25) is 0 Å². The van der Waals surface area contributed by atoms with Gasteiger partial charge in [-0.1, -0.05) is 20.3 Å². The minimum absolute atomic E-state index is 0.0544. The van der Waals surface area contributed by atoms with Crippen LogP contribution in [0.15, 0.2) is 0 Å². The van der Waals surface area contributed by atoms with Gasteiger partial charge in [-0.3, -0.25) is 0 Å². The van der Waals surface area contributed by atoms with Crippen molar-refractivity contribution >= 4 is 15.8 Å². The predicted molar refractivity (Wildman–Crippen MR) is 63.6 cm³/mol. The molecule has 0 aliphatic carbocycles. The summed E-state index contributed by atoms with van der Waals surface area (Å²) in [6, 6.07) is 0. The third kappa shape index (κ3) is 4.63. The fourth-order valence-electron chi connectivity index (χ4n) is 1.91. The van der Waals surface area contributed by atoms with E-state index < -0.39 is 28.0 Å². The van der Waals surface area contributed by atoms with Crippen LogP contribution in [0.3, 0.4) is 0 Å². The van der Waals surface area contributed by atoms with Crippen LogP contribution >= 0.6 is 0 Å². The van der Waals surface area contributed by atoms with Crippen molar-refractivity contribution in [3.8, 4) is 0 Å². The molecule has 0 bridgehead atoms. The van der Waals surface area contributed by atoms with Gasteiger partial charge in [0.25, 0.3) is 0 Å². The number of aliphatic carboxylic acids is 1. The Balaban J connectivity index is 2.47. The van der Waals surface area contributed by atoms with Crippen LogP contribution < -0.4 is 0 Å². The summed E-state index contributed by atoms with van der Waals surface area (Å²) in [5, 5.41) is 8.74. The van der Waals surface area contributed by atoms with Gasteiger partial charge in [0.1, 0.15) is 0 Å². The van der Waals surface area contributed by atoms with E-state index in [1.807, 2.05) is 13.8 Å². The lowest BCUT2D eigenvalue weighted by Gasteiger charge is -2.14. The number of carboxylic acid groups (broad SMARTS) is 1. The van der Waals surface area contributed by atoms with E-state index in [-0.39, 0.29) is 17.4 Å². The minimum atomic E-state index is -3.14. The maximum absolute atomic E-state index is 11.8. The lowest BCUT2D eigenvalue weighted by molar-refractivity contribution is -0.148. The Morgan fingerprint density at radius 3 is 2.59 bits per heavy atom. The summed E-state index contributed by atoms with van der Waals surface area (Å²) >= 11 is 0. The van der Waals surface area contributed by atoms with Crippen molar-refractivity contribution in [3.63, 3.8) is 0 Å².